The molecule has 3 nitrogen and oxygen atoms in total. The van der Waals surface area contributed by atoms with Gasteiger partial charge in [0.25, 0.3) is 0 Å². The Hall–Kier alpha value is -0.390. The van der Waals surface area contributed by atoms with E-state index in [0.29, 0.717) is 5.75 Å². The number of hydrogen-bond acceptors (Lipinski definition) is 4. The van der Waals surface area contributed by atoms with Crippen molar-refractivity contribution in [2.45, 2.75) is 44.4 Å². The summed E-state index contributed by atoms with van der Waals surface area (Å²) >= 11 is 1.71. The molecule has 1 aromatic heterocycles. The van der Waals surface area contributed by atoms with Gasteiger partial charge < -0.3 is 5.32 Å². The summed E-state index contributed by atoms with van der Waals surface area (Å²) in [6, 6.07) is 2.09. The third-order valence-corrected chi connectivity index (χ3v) is 7.20. The predicted octanol–water partition coefficient (Wildman–Crippen LogP) is 2.59. The molecule has 5 heteroatoms. The van der Waals surface area contributed by atoms with Gasteiger partial charge >= 0.3 is 0 Å². The lowest BCUT2D eigenvalue weighted by molar-refractivity contribution is 0.472. The Bertz CT molecular complexity index is 519. The van der Waals surface area contributed by atoms with Crippen LogP contribution in [0.3, 0.4) is 0 Å². The minimum absolute atomic E-state index is 0.0472. The topological polar surface area (TPSA) is 46.2 Å². The molecule has 2 rings (SSSR count). The lowest BCUT2D eigenvalue weighted by atomic mass is 10.0. The van der Waals surface area contributed by atoms with Gasteiger partial charge in [0.15, 0.2) is 9.84 Å². The lowest BCUT2D eigenvalue weighted by Gasteiger charge is -2.29. The highest BCUT2D eigenvalue weighted by atomic mass is 32.2. The van der Waals surface area contributed by atoms with Crippen LogP contribution >= 0.6 is 11.3 Å². The number of aryl methyl sites for hydroxylation is 2. The largest absolute Gasteiger partial charge is 0.311 e. The van der Waals surface area contributed by atoms with Crippen molar-refractivity contribution in [2.75, 3.05) is 12.8 Å². The first-order valence-electron chi connectivity index (χ1n) is 6.41. The summed E-state index contributed by atoms with van der Waals surface area (Å²) in [4.78, 5) is 2.43. The normalized spacial score (nSPS) is 24.9. The summed E-state index contributed by atoms with van der Waals surface area (Å²) in [6.07, 6.45) is 2.62. The summed E-state index contributed by atoms with van der Waals surface area (Å²) < 4.78 is 24.5. The molecule has 1 N–H and O–H groups in total. The molecule has 1 fully saturated rings. The molecular weight excluding hydrogens is 266 g/mol. The summed E-state index contributed by atoms with van der Waals surface area (Å²) in [5.41, 5.74) is 1.21. The fourth-order valence-corrected chi connectivity index (χ4v) is 6.23. The number of rotatable bonds is 3. The molecule has 2 atom stereocenters. The van der Waals surface area contributed by atoms with Crippen LogP contribution in [0.1, 0.15) is 40.6 Å². The van der Waals surface area contributed by atoms with Crippen molar-refractivity contribution in [3.05, 3.63) is 21.4 Å². The van der Waals surface area contributed by atoms with Gasteiger partial charge in [-0.1, -0.05) is 6.42 Å². The van der Waals surface area contributed by atoms with Crippen LogP contribution in [0.15, 0.2) is 6.07 Å². The summed E-state index contributed by atoms with van der Waals surface area (Å²) in [5, 5.41) is 2.97. The molecule has 0 bridgehead atoms. The first-order chi connectivity index (χ1) is 8.45. The second-order valence-electron chi connectivity index (χ2n) is 5.07. The summed E-state index contributed by atoms with van der Waals surface area (Å²) in [5.74, 6) is 0.346. The highest BCUT2D eigenvalue weighted by Gasteiger charge is 2.36. The molecule has 1 saturated heterocycles. The molecular formula is C13H21NO2S2. The van der Waals surface area contributed by atoms with Crippen LogP contribution < -0.4 is 5.32 Å². The van der Waals surface area contributed by atoms with E-state index < -0.39 is 9.84 Å². The Morgan fingerprint density at radius 3 is 2.61 bits per heavy atom. The quantitative estimate of drug-likeness (QED) is 0.929. The van der Waals surface area contributed by atoms with Crippen LogP contribution in [0.25, 0.3) is 0 Å². The maximum absolute atomic E-state index is 12.2. The first-order valence-corrected chi connectivity index (χ1v) is 8.94. The second kappa shape index (κ2) is 5.31. The molecule has 0 radical (unpaired) electrons. The lowest BCUT2D eigenvalue weighted by Crippen LogP contribution is -2.39. The predicted molar refractivity (Wildman–Crippen MR) is 77.0 cm³/mol. The molecule has 1 aromatic rings. The molecule has 0 aromatic carbocycles. The zero-order valence-electron chi connectivity index (χ0n) is 11.2. The van der Waals surface area contributed by atoms with Crippen LogP contribution in [0.2, 0.25) is 0 Å². The van der Waals surface area contributed by atoms with Crippen LogP contribution in [0.5, 0.6) is 0 Å². The smallest absolute Gasteiger partial charge is 0.155 e. The van der Waals surface area contributed by atoms with E-state index in [2.05, 4.69) is 25.2 Å². The van der Waals surface area contributed by atoms with Crippen molar-refractivity contribution in [3.63, 3.8) is 0 Å². The van der Waals surface area contributed by atoms with Gasteiger partial charge in [0.05, 0.1) is 17.0 Å². The van der Waals surface area contributed by atoms with Gasteiger partial charge in [0.2, 0.25) is 0 Å². The molecule has 102 valence electrons. The molecule has 1 aliphatic heterocycles. The minimum Gasteiger partial charge on any atom is -0.311 e. The van der Waals surface area contributed by atoms with Crippen molar-refractivity contribution in [1.29, 1.82) is 0 Å². The zero-order chi connectivity index (χ0) is 13.3. The summed E-state index contributed by atoms with van der Waals surface area (Å²) in [6.45, 7) is 4.14. The molecule has 0 saturated carbocycles. The Morgan fingerprint density at radius 1 is 1.39 bits per heavy atom. The van der Waals surface area contributed by atoms with Crippen molar-refractivity contribution >= 4 is 21.2 Å². The van der Waals surface area contributed by atoms with E-state index >= 15 is 0 Å². The monoisotopic (exact) mass is 287 g/mol. The first kappa shape index (κ1) is 14.0. The molecule has 2 unspecified atom stereocenters. The summed E-state index contributed by atoms with van der Waals surface area (Å²) in [7, 11) is -1.08. The fraction of sp³-hybridized carbons (Fsp3) is 0.692. The third kappa shape index (κ3) is 2.63. The van der Waals surface area contributed by atoms with Crippen molar-refractivity contribution in [3.8, 4) is 0 Å². The molecule has 0 amide bonds. The highest BCUT2D eigenvalue weighted by molar-refractivity contribution is 7.92. The van der Waals surface area contributed by atoms with Gasteiger partial charge in [-0.3, -0.25) is 0 Å². The van der Waals surface area contributed by atoms with E-state index in [-0.39, 0.29) is 11.3 Å². The fourth-order valence-electron chi connectivity index (χ4n) is 2.81. The minimum atomic E-state index is -2.95. The highest BCUT2D eigenvalue weighted by Crippen LogP contribution is 2.35. The number of nitrogens with one attached hydrogen (secondary N) is 1. The number of hydrogen-bond donors (Lipinski definition) is 1. The number of sulfone groups is 1. The maximum atomic E-state index is 12.2. The Morgan fingerprint density at radius 2 is 2.11 bits per heavy atom. The van der Waals surface area contributed by atoms with Crippen molar-refractivity contribution < 1.29 is 8.42 Å². The Balaban J connectivity index is 2.36. The molecule has 2 heterocycles. The van der Waals surface area contributed by atoms with E-state index in [1.807, 2.05) is 7.05 Å². The molecule has 0 spiro atoms. The van der Waals surface area contributed by atoms with Gasteiger partial charge in [-0.25, -0.2) is 8.42 Å². The van der Waals surface area contributed by atoms with Crippen molar-refractivity contribution in [2.24, 2.45) is 0 Å². The average Bonchev–Trinajstić information content (AvgIpc) is 2.61. The average molecular weight is 287 g/mol. The zero-order valence-corrected chi connectivity index (χ0v) is 12.8. The second-order valence-corrected chi connectivity index (χ2v) is 8.70. The van der Waals surface area contributed by atoms with Gasteiger partial charge in [-0.05, 0) is 45.4 Å². The van der Waals surface area contributed by atoms with Crippen LogP contribution in [0, 0.1) is 13.8 Å². The molecule has 18 heavy (non-hydrogen) atoms. The van der Waals surface area contributed by atoms with E-state index in [0.717, 1.165) is 19.3 Å². The van der Waals surface area contributed by atoms with E-state index in [1.54, 1.807) is 11.3 Å². The van der Waals surface area contributed by atoms with Crippen molar-refractivity contribution in [1.82, 2.24) is 5.32 Å². The van der Waals surface area contributed by atoms with Gasteiger partial charge in [-0.15, -0.1) is 11.3 Å². The van der Waals surface area contributed by atoms with Crippen LogP contribution in [-0.2, 0) is 9.84 Å². The molecule has 0 aliphatic carbocycles. The van der Waals surface area contributed by atoms with Gasteiger partial charge in [0.1, 0.15) is 0 Å². The molecule has 1 aliphatic rings. The SMILES string of the molecule is CNC(c1sc(C)cc1C)C1CCCCS1(=O)=O. The third-order valence-electron chi connectivity index (χ3n) is 3.67. The Labute approximate surface area is 114 Å². The van der Waals surface area contributed by atoms with E-state index in [1.165, 1.54) is 15.3 Å². The maximum Gasteiger partial charge on any atom is 0.155 e. The Kier molecular flexibility index (Phi) is 4.14. The van der Waals surface area contributed by atoms with Crippen LogP contribution in [0.4, 0.5) is 0 Å². The van der Waals surface area contributed by atoms with Crippen LogP contribution in [-0.4, -0.2) is 26.5 Å². The van der Waals surface area contributed by atoms with Gasteiger partial charge in [-0.2, -0.15) is 0 Å². The van der Waals surface area contributed by atoms with E-state index in [4.69, 9.17) is 0 Å². The van der Waals surface area contributed by atoms with Gasteiger partial charge in [0, 0.05) is 9.75 Å². The number of thiophene rings is 1. The standard InChI is InChI=1S/C13H21NO2S2/c1-9-8-10(2)17-13(9)12(14-3)11-6-4-5-7-18(11,15)16/h8,11-12,14H,4-7H2,1-3H3. The van der Waals surface area contributed by atoms with E-state index in [9.17, 15) is 8.42 Å².